The maximum Gasteiger partial charge on any atom is 0.338 e. The van der Waals surface area contributed by atoms with E-state index in [0.29, 0.717) is 41.6 Å². The van der Waals surface area contributed by atoms with Crippen LogP contribution in [0, 0.1) is 5.92 Å². The van der Waals surface area contributed by atoms with E-state index >= 15 is 0 Å². The van der Waals surface area contributed by atoms with Crippen molar-refractivity contribution in [3.63, 3.8) is 0 Å². The number of hydrogen-bond acceptors (Lipinski definition) is 14. The Morgan fingerprint density at radius 3 is 1.47 bits per heavy atom. The van der Waals surface area contributed by atoms with E-state index in [-0.39, 0.29) is 47.7 Å². The Labute approximate surface area is 337 Å². The standard InChI is InChI=1S/C44H46N10O4/c1-4-7-12-29(6-3)28-58-38(56)33-19-25-36(26-20-33)47-41-52-43-49-39(45-34-21-15-31(16-22-34)30-13-10-9-11-14-30)48-42-50-40(51-44(53-41)54(42)43)46-35-23-17-32(18-24-35)37(55)57-27-8-5-2/h9-11,13-26,29H,4-8,12,27-28H2,1-3H3,(H3,45,46,47,48,49,50,51,52,53). The van der Waals surface area contributed by atoms with Crippen LogP contribution >= 0.6 is 0 Å². The fraction of sp³-hybridized carbons (Fsp3) is 0.273. The lowest BCUT2D eigenvalue weighted by Gasteiger charge is -2.30. The summed E-state index contributed by atoms with van der Waals surface area (Å²) in [4.78, 5) is 55.0. The van der Waals surface area contributed by atoms with Crippen molar-refractivity contribution in [3.05, 3.63) is 114 Å². The minimum absolute atomic E-state index is 0.212. The number of hydrogen-bond donors (Lipinski definition) is 3. The van der Waals surface area contributed by atoms with Crippen LogP contribution in [0.3, 0.4) is 0 Å². The predicted octanol–water partition coefficient (Wildman–Crippen LogP) is 8.80. The largest absolute Gasteiger partial charge is 0.462 e. The Hall–Kier alpha value is -6.96. The number of aliphatic imine (C=N–C) groups is 6. The highest BCUT2D eigenvalue weighted by Crippen LogP contribution is 2.24. The van der Waals surface area contributed by atoms with E-state index in [1.807, 2.05) is 49.4 Å². The maximum atomic E-state index is 12.8. The van der Waals surface area contributed by atoms with E-state index in [9.17, 15) is 9.59 Å². The molecule has 0 saturated carbocycles. The molecule has 0 fully saturated rings. The first kappa shape index (κ1) is 39.3. The lowest BCUT2D eigenvalue weighted by Crippen LogP contribution is -2.49. The second-order valence-electron chi connectivity index (χ2n) is 13.9. The number of anilines is 3. The van der Waals surface area contributed by atoms with Gasteiger partial charge in [-0.3, -0.25) is 0 Å². The van der Waals surface area contributed by atoms with E-state index in [2.05, 4.69) is 56.9 Å². The molecule has 0 amide bonds. The average Bonchev–Trinajstić information content (AvgIpc) is 3.24. The van der Waals surface area contributed by atoms with Gasteiger partial charge in [-0.05, 0) is 90.6 Å². The van der Waals surface area contributed by atoms with Gasteiger partial charge in [0.2, 0.25) is 35.8 Å². The zero-order valence-corrected chi connectivity index (χ0v) is 32.8. The molecule has 14 nitrogen and oxygen atoms in total. The number of ether oxygens (including phenoxy) is 2. The van der Waals surface area contributed by atoms with Crippen molar-refractivity contribution >= 4 is 64.8 Å². The first-order valence-electron chi connectivity index (χ1n) is 19.7. The molecule has 3 heterocycles. The van der Waals surface area contributed by atoms with Gasteiger partial charge in [-0.25, -0.2) is 14.5 Å². The van der Waals surface area contributed by atoms with Gasteiger partial charge in [0, 0.05) is 17.1 Å². The van der Waals surface area contributed by atoms with E-state index in [1.165, 1.54) is 0 Å². The molecular weight excluding hydrogens is 733 g/mol. The first-order chi connectivity index (χ1) is 28.4. The smallest absolute Gasteiger partial charge is 0.338 e. The number of nitrogens with zero attached hydrogens (tertiary/aromatic N) is 7. The molecule has 3 aliphatic rings. The number of rotatable bonds is 15. The highest BCUT2D eigenvalue weighted by Gasteiger charge is 2.35. The van der Waals surface area contributed by atoms with Crippen LogP contribution in [0.5, 0.6) is 0 Å². The predicted molar refractivity (Wildman–Crippen MR) is 231 cm³/mol. The normalized spacial score (nSPS) is 14.6. The van der Waals surface area contributed by atoms with Crippen LogP contribution in [0.1, 0.15) is 80.0 Å². The van der Waals surface area contributed by atoms with Crippen LogP contribution in [0.15, 0.2) is 133 Å². The summed E-state index contributed by atoms with van der Waals surface area (Å²) in [6.45, 7) is 7.11. The first-order valence-corrected chi connectivity index (χ1v) is 19.7. The Kier molecular flexibility index (Phi) is 12.7. The van der Waals surface area contributed by atoms with Gasteiger partial charge in [-0.2, -0.15) is 30.0 Å². The summed E-state index contributed by atoms with van der Waals surface area (Å²) < 4.78 is 11.0. The third kappa shape index (κ3) is 9.88. The number of guanidine groups is 6. The lowest BCUT2D eigenvalue weighted by molar-refractivity contribution is 0.0427. The van der Waals surface area contributed by atoms with E-state index < -0.39 is 0 Å². The minimum atomic E-state index is -0.377. The molecule has 296 valence electrons. The van der Waals surface area contributed by atoms with Crippen molar-refractivity contribution in [2.75, 3.05) is 29.2 Å². The van der Waals surface area contributed by atoms with Gasteiger partial charge < -0.3 is 25.4 Å². The zero-order valence-electron chi connectivity index (χ0n) is 32.8. The Morgan fingerprint density at radius 2 is 1.00 bits per heavy atom. The van der Waals surface area contributed by atoms with Crippen molar-refractivity contribution in [1.29, 1.82) is 0 Å². The molecule has 14 heteroatoms. The number of benzene rings is 4. The number of carbonyl (C=O) groups is 2. The van der Waals surface area contributed by atoms with Gasteiger partial charge in [0.05, 0.1) is 24.3 Å². The van der Waals surface area contributed by atoms with Crippen molar-refractivity contribution in [2.45, 2.75) is 59.3 Å². The summed E-state index contributed by atoms with van der Waals surface area (Å²) in [5.41, 5.74) is 5.13. The molecule has 4 aromatic rings. The molecule has 1 unspecified atom stereocenters. The topological polar surface area (TPSA) is 166 Å². The second kappa shape index (κ2) is 18.8. The molecule has 0 saturated heterocycles. The fourth-order valence-corrected chi connectivity index (χ4v) is 6.17. The van der Waals surface area contributed by atoms with Gasteiger partial charge in [0.15, 0.2) is 0 Å². The molecule has 0 spiro atoms. The SMILES string of the molecule is CCCCOC(=O)c1ccc(NC2=NC3=NC(Nc4ccc(-c5ccccc5)cc4)=NC4=NC(Nc5ccc(C(=O)OCC(CC)CCCC)cc5)=NC(=N2)N43)cc1. The number of unbranched alkanes of at least 4 members (excludes halogenated alkanes) is 2. The van der Waals surface area contributed by atoms with Crippen LogP contribution in [0.2, 0.25) is 0 Å². The molecule has 0 radical (unpaired) electrons. The number of esters is 2. The summed E-state index contributed by atoms with van der Waals surface area (Å²) in [5, 5.41) is 9.71. The summed E-state index contributed by atoms with van der Waals surface area (Å²) in [6, 6.07) is 31.9. The van der Waals surface area contributed by atoms with Crippen LogP contribution < -0.4 is 16.0 Å². The van der Waals surface area contributed by atoms with Gasteiger partial charge in [-0.1, -0.05) is 88.9 Å². The van der Waals surface area contributed by atoms with Gasteiger partial charge in [-0.15, -0.1) is 0 Å². The van der Waals surface area contributed by atoms with Gasteiger partial charge >= 0.3 is 11.9 Å². The van der Waals surface area contributed by atoms with Crippen LogP contribution in [-0.4, -0.2) is 65.8 Å². The number of nitrogens with one attached hydrogen (secondary N) is 3. The molecule has 1 atom stereocenters. The van der Waals surface area contributed by atoms with Crippen molar-refractivity contribution in [3.8, 4) is 11.1 Å². The van der Waals surface area contributed by atoms with Crippen molar-refractivity contribution < 1.29 is 19.1 Å². The Bertz CT molecular complexity index is 2280. The third-order valence-corrected chi connectivity index (χ3v) is 9.56. The Balaban J connectivity index is 1.11. The summed E-state index contributed by atoms with van der Waals surface area (Å²) in [7, 11) is 0. The molecular formula is C44H46N10O4. The highest BCUT2D eigenvalue weighted by atomic mass is 16.5. The van der Waals surface area contributed by atoms with E-state index in [1.54, 1.807) is 53.4 Å². The second-order valence-corrected chi connectivity index (χ2v) is 13.9. The van der Waals surface area contributed by atoms with E-state index in [4.69, 9.17) is 24.5 Å². The average molecular weight is 779 g/mol. The molecule has 58 heavy (non-hydrogen) atoms. The molecule has 0 bridgehead atoms. The lowest BCUT2D eigenvalue weighted by atomic mass is 10.0. The molecule has 3 N–H and O–H groups in total. The maximum absolute atomic E-state index is 12.8. The van der Waals surface area contributed by atoms with Crippen LogP contribution in [-0.2, 0) is 9.47 Å². The monoisotopic (exact) mass is 778 g/mol. The quantitative estimate of drug-likeness (QED) is 0.0796. The third-order valence-electron chi connectivity index (χ3n) is 9.56. The summed E-state index contributed by atoms with van der Waals surface area (Å²) in [6.07, 6.45) is 5.99. The van der Waals surface area contributed by atoms with E-state index in [0.717, 1.165) is 55.3 Å². The molecule has 7 rings (SSSR count). The summed E-state index contributed by atoms with van der Waals surface area (Å²) in [5.74, 6) is 1.01. The Morgan fingerprint density at radius 1 is 0.552 bits per heavy atom. The van der Waals surface area contributed by atoms with Gasteiger partial charge in [0.1, 0.15) is 0 Å². The van der Waals surface area contributed by atoms with Crippen molar-refractivity contribution in [1.82, 2.24) is 4.90 Å². The molecule has 0 aromatic heterocycles. The fourth-order valence-electron chi connectivity index (χ4n) is 6.17. The van der Waals surface area contributed by atoms with Gasteiger partial charge in [0.25, 0.3) is 0 Å². The van der Waals surface area contributed by atoms with Crippen LogP contribution in [0.25, 0.3) is 11.1 Å². The zero-order chi connectivity index (χ0) is 40.3. The summed E-state index contributed by atoms with van der Waals surface area (Å²) >= 11 is 0. The molecule has 3 aliphatic heterocycles. The molecule has 0 aliphatic carbocycles. The number of carbonyl (C=O) groups excluding carboxylic acids is 2. The van der Waals surface area contributed by atoms with Crippen molar-refractivity contribution in [2.24, 2.45) is 35.9 Å². The minimum Gasteiger partial charge on any atom is -0.462 e. The highest BCUT2D eigenvalue weighted by molar-refractivity contribution is 6.32. The molecule has 4 aromatic carbocycles. The van der Waals surface area contributed by atoms with Crippen LogP contribution in [0.4, 0.5) is 17.1 Å².